The predicted octanol–water partition coefficient (Wildman–Crippen LogP) is 22.6. The third-order valence-electron chi connectivity index (χ3n) is 21.6. The van der Waals surface area contributed by atoms with Crippen LogP contribution in [-0.2, 0) is 0 Å². The summed E-state index contributed by atoms with van der Waals surface area (Å²) in [6, 6.07) is 0. The van der Waals surface area contributed by atoms with E-state index < -0.39 is 0 Å². The second-order valence-corrected chi connectivity index (χ2v) is 29.6. The van der Waals surface area contributed by atoms with Crippen LogP contribution in [0.25, 0.3) is 0 Å². The molecule has 0 heterocycles. The highest BCUT2D eigenvalue weighted by Crippen LogP contribution is 2.70. The molecule has 12 fully saturated rings. The standard InChI is InChI=1S/C6H10.10C6H12/c1-5-4-6(5)2-3-6;2*1-5-4-6(5,2)3;1-5-3-6(2)4-5;1-6(2)4-3-5-6;1-5-3-4-6(5)2;1-4-5(2)6(4)3;1-3-6(2)4-5-6;2*1-3-6-4-5(6)2;1-2-6-4-3-5-6/h5H,2-4H2,1H3;2*5H,4H2,1-3H3;5-6H,3-4H2,1-2H3;3-5H2,1-2H3;5-6H,3-4H2,1-2H3;4-6H,1-3H3;3-5H2,1-2H3;2*5-6H,3-4H2,1-2H3;6H,2-5H2,1H3/t2*5-;;;;5-,6?;;;5-,6?;;/m00...1..0../s1. The van der Waals surface area contributed by atoms with Crippen LogP contribution in [0, 0.1) is 116 Å². The van der Waals surface area contributed by atoms with Gasteiger partial charge in [-0.1, -0.05) is 223 Å². The zero-order chi connectivity index (χ0) is 50.4. The first-order chi connectivity index (χ1) is 30.5. The quantitative estimate of drug-likeness (QED) is 0.264. The normalized spacial score (nSPS) is 39.7. The van der Waals surface area contributed by atoms with Crippen molar-refractivity contribution < 1.29 is 0 Å². The molecule has 394 valence electrons. The van der Waals surface area contributed by atoms with Crippen molar-refractivity contribution in [3.05, 3.63) is 0 Å². The Kier molecular flexibility index (Phi) is 26.1. The molecule has 0 bridgehead atoms. The van der Waals surface area contributed by atoms with E-state index in [4.69, 9.17) is 0 Å². The maximum Gasteiger partial charge on any atom is -0.0268 e. The van der Waals surface area contributed by atoms with Crippen molar-refractivity contribution >= 4 is 0 Å². The molecule has 0 aromatic heterocycles. The zero-order valence-corrected chi connectivity index (χ0v) is 50.4. The fourth-order valence-corrected chi connectivity index (χ4v) is 10.2. The lowest BCUT2D eigenvalue weighted by atomic mass is 9.72. The Hall–Kier alpha value is 0. The Morgan fingerprint density at radius 1 is 0.379 bits per heavy atom. The van der Waals surface area contributed by atoms with Gasteiger partial charge in [-0.15, -0.1) is 0 Å². The van der Waals surface area contributed by atoms with Crippen LogP contribution in [-0.4, -0.2) is 0 Å². The van der Waals surface area contributed by atoms with Gasteiger partial charge in [0.2, 0.25) is 0 Å². The maximum absolute atomic E-state index is 2.37. The van der Waals surface area contributed by atoms with Crippen molar-refractivity contribution in [3.8, 4) is 0 Å². The lowest BCUT2D eigenvalue weighted by molar-refractivity contribution is 0.190. The highest BCUT2D eigenvalue weighted by atomic mass is 14.6. The Morgan fingerprint density at radius 3 is 0.697 bits per heavy atom. The maximum atomic E-state index is 2.37. The Balaban J connectivity index is 0.000000249. The molecular formula is C66H130. The fraction of sp³-hybridized carbons (Fsp3) is 1.00. The predicted molar refractivity (Wildman–Crippen MR) is 301 cm³/mol. The molecule has 0 heteroatoms. The molecule has 0 saturated heterocycles. The molecule has 0 aliphatic heterocycles. The molecule has 0 amide bonds. The van der Waals surface area contributed by atoms with Gasteiger partial charge >= 0.3 is 0 Å². The summed E-state index contributed by atoms with van der Waals surface area (Å²) < 4.78 is 0. The van der Waals surface area contributed by atoms with E-state index in [0.717, 1.165) is 105 Å². The first kappa shape index (κ1) is 62.1. The summed E-state index contributed by atoms with van der Waals surface area (Å²) in [7, 11) is 0. The van der Waals surface area contributed by atoms with E-state index >= 15 is 0 Å². The number of hydrogen-bond acceptors (Lipinski definition) is 0. The molecule has 12 saturated carbocycles. The largest absolute Gasteiger partial charge is 0.0651 e. The monoisotopic (exact) mass is 923 g/mol. The van der Waals surface area contributed by atoms with Crippen molar-refractivity contribution in [2.24, 2.45) is 116 Å². The van der Waals surface area contributed by atoms with E-state index in [1.54, 1.807) is 19.3 Å². The Morgan fingerprint density at radius 2 is 0.697 bits per heavy atom. The summed E-state index contributed by atoms with van der Waals surface area (Å²) >= 11 is 0. The highest BCUT2D eigenvalue weighted by molar-refractivity contribution is 5.10. The van der Waals surface area contributed by atoms with Crippen LogP contribution in [0.15, 0.2) is 0 Å². The molecule has 12 rings (SSSR count). The molecule has 0 N–H and O–H groups in total. The summed E-state index contributed by atoms with van der Waals surface area (Å²) in [5.74, 6) is 15.8. The lowest BCUT2D eigenvalue weighted by Crippen LogP contribution is -2.20. The first-order valence-corrected chi connectivity index (χ1v) is 30.5. The van der Waals surface area contributed by atoms with Crippen LogP contribution in [0.2, 0.25) is 0 Å². The third kappa shape index (κ3) is 25.9. The Bertz CT molecular complexity index is 1130. The van der Waals surface area contributed by atoms with Crippen LogP contribution in [0.1, 0.15) is 307 Å². The molecule has 0 aromatic rings. The van der Waals surface area contributed by atoms with Crippen LogP contribution >= 0.6 is 0 Å². The van der Waals surface area contributed by atoms with Crippen LogP contribution in [0.4, 0.5) is 0 Å². The van der Waals surface area contributed by atoms with Crippen molar-refractivity contribution in [3.63, 3.8) is 0 Å². The smallest absolute Gasteiger partial charge is 0.0268 e. The average molecular weight is 924 g/mol. The van der Waals surface area contributed by atoms with Gasteiger partial charge < -0.3 is 0 Å². The minimum atomic E-state index is 0.708. The van der Waals surface area contributed by atoms with Gasteiger partial charge in [0.25, 0.3) is 0 Å². The molecule has 0 aromatic carbocycles. The van der Waals surface area contributed by atoms with Gasteiger partial charge in [-0.05, 0) is 199 Å². The van der Waals surface area contributed by atoms with Gasteiger partial charge in [0.1, 0.15) is 0 Å². The Labute approximate surface area is 420 Å². The van der Waals surface area contributed by atoms with Crippen molar-refractivity contribution in [2.45, 2.75) is 307 Å². The van der Waals surface area contributed by atoms with E-state index in [2.05, 4.69) is 159 Å². The van der Waals surface area contributed by atoms with Gasteiger partial charge in [0.15, 0.2) is 0 Å². The summed E-state index contributed by atoms with van der Waals surface area (Å²) in [6.45, 7) is 53.3. The minimum absolute atomic E-state index is 0.708. The number of hydrogen-bond donors (Lipinski definition) is 0. The summed E-state index contributed by atoms with van der Waals surface area (Å²) in [5.41, 5.74) is 3.89. The van der Waals surface area contributed by atoms with E-state index in [1.165, 1.54) is 128 Å². The fourth-order valence-electron chi connectivity index (χ4n) is 10.2. The second kappa shape index (κ2) is 27.7. The minimum Gasteiger partial charge on any atom is -0.0651 e. The topological polar surface area (TPSA) is 0 Å². The van der Waals surface area contributed by atoms with Gasteiger partial charge in [-0.2, -0.15) is 0 Å². The summed E-state index contributed by atoms with van der Waals surface area (Å²) in [5, 5.41) is 0. The lowest BCUT2D eigenvalue weighted by Gasteiger charge is -2.33. The van der Waals surface area contributed by atoms with Gasteiger partial charge in [-0.3, -0.25) is 0 Å². The zero-order valence-electron chi connectivity index (χ0n) is 50.4. The summed E-state index contributed by atoms with van der Waals surface area (Å²) in [4.78, 5) is 0. The first-order valence-electron chi connectivity index (χ1n) is 30.5. The van der Waals surface area contributed by atoms with E-state index in [0.29, 0.717) is 10.8 Å². The third-order valence-corrected chi connectivity index (χ3v) is 21.6. The van der Waals surface area contributed by atoms with Gasteiger partial charge in [-0.25, -0.2) is 0 Å². The molecule has 66 heavy (non-hydrogen) atoms. The van der Waals surface area contributed by atoms with Crippen LogP contribution in [0.3, 0.4) is 0 Å². The average Bonchev–Trinajstić information content (AvgIpc) is 3.98. The SMILES string of the molecule is CC1(C)CCC1.CC1C(C)C1C.CC1CC(C)C1.CC1CC1(C)C.CC1CC[C@H]1C.CCC1(C)CC1.CCC1CC1C.CCC1CCC1.CCC1C[C@@H]1C.C[C@H]1CC1(C)C.C[C@H]1CC12CC2. The molecule has 0 radical (unpaired) electrons. The van der Waals surface area contributed by atoms with Crippen LogP contribution in [0.5, 0.6) is 0 Å². The molecule has 12 aliphatic carbocycles. The molecule has 9 atom stereocenters. The van der Waals surface area contributed by atoms with Crippen LogP contribution < -0.4 is 0 Å². The second-order valence-electron chi connectivity index (χ2n) is 29.6. The van der Waals surface area contributed by atoms with Crippen molar-refractivity contribution in [1.82, 2.24) is 0 Å². The molecule has 0 nitrogen and oxygen atoms in total. The van der Waals surface area contributed by atoms with Gasteiger partial charge in [0.05, 0.1) is 0 Å². The van der Waals surface area contributed by atoms with Gasteiger partial charge in [0, 0.05) is 0 Å². The number of rotatable bonds is 4. The summed E-state index contributed by atoms with van der Waals surface area (Å²) in [6.07, 6.45) is 33.9. The van der Waals surface area contributed by atoms with E-state index in [-0.39, 0.29) is 0 Å². The van der Waals surface area contributed by atoms with E-state index in [1.807, 2.05) is 0 Å². The van der Waals surface area contributed by atoms with Crippen molar-refractivity contribution in [2.75, 3.05) is 0 Å². The molecule has 5 unspecified atom stereocenters. The molecule has 12 aliphatic rings. The molecule has 1 spiro atoms. The van der Waals surface area contributed by atoms with Crippen molar-refractivity contribution in [1.29, 1.82) is 0 Å². The highest BCUT2D eigenvalue weighted by Gasteiger charge is 2.59. The van der Waals surface area contributed by atoms with E-state index in [9.17, 15) is 0 Å². The molecular weight excluding hydrogens is 793 g/mol.